The third-order valence-electron chi connectivity index (χ3n) is 5.62. The van der Waals surface area contributed by atoms with Crippen LogP contribution in [-0.2, 0) is 0 Å². The van der Waals surface area contributed by atoms with Crippen molar-refractivity contribution in [2.75, 3.05) is 26.2 Å². The SMILES string of the molecule is O=C(NCCN1CC2CC(c3ccccc3)C2C1)c1ccccc1. The monoisotopic (exact) mass is 320 g/mol. The van der Waals surface area contributed by atoms with Gasteiger partial charge in [0.05, 0.1) is 0 Å². The maximum Gasteiger partial charge on any atom is 0.251 e. The van der Waals surface area contributed by atoms with Crippen molar-refractivity contribution in [1.82, 2.24) is 10.2 Å². The summed E-state index contributed by atoms with van der Waals surface area (Å²) in [6.07, 6.45) is 1.32. The summed E-state index contributed by atoms with van der Waals surface area (Å²) in [6.45, 7) is 4.04. The van der Waals surface area contributed by atoms with Crippen LogP contribution in [0.5, 0.6) is 0 Å². The molecule has 2 aromatic rings. The van der Waals surface area contributed by atoms with Gasteiger partial charge in [-0.05, 0) is 41.9 Å². The maximum absolute atomic E-state index is 12.1. The normalized spacial score (nSPS) is 25.8. The summed E-state index contributed by atoms with van der Waals surface area (Å²) < 4.78 is 0. The number of rotatable bonds is 5. The first-order valence-electron chi connectivity index (χ1n) is 8.92. The van der Waals surface area contributed by atoms with E-state index in [0.29, 0.717) is 0 Å². The number of hydrogen-bond acceptors (Lipinski definition) is 2. The molecule has 1 saturated carbocycles. The Kier molecular flexibility index (Phi) is 4.35. The van der Waals surface area contributed by atoms with E-state index in [1.807, 2.05) is 30.3 Å². The molecule has 3 unspecified atom stereocenters. The number of hydrogen-bond donors (Lipinski definition) is 1. The van der Waals surface area contributed by atoms with E-state index < -0.39 is 0 Å². The number of fused-ring (bicyclic) bond motifs is 1. The van der Waals surface area contributed by atoms with Gasteiger partial charge in [-0.2, -0.15) is 0 Å². The fraction of sp³-hybridized carbons (Fsp3) is 0.381. The lowest BCUT2D eigenvalue weighted by Crippen LogP contribution is -2.34. The Hall–Kier alpha value is -2.13. The van der Waals surface area contributed by atoms with Gasteiger partial charge in [0.2, 0.25) is 0 Å². The summed E-state index contributed by atoms with van der Waals surface area (Å²) in [5, 5.41) is 3.04. The van der Waals surface area contributed by atoms with Gasteiger partial charge >= 0.3 is 0 Å². The second-order valence-electron chi connectivity index (χ2n) is 7.06. The van der Waals surface area contributed by atoms with E-state index in [1.165, 1.54) is 25.1 Å². The summed E-state index contributed by atoms with van der Waals surface area (Å²) in [5.74, 6) is 2.41. The lowest BCUT2D eigenvalue weighted by molar-refractivity contribution is 0.0949. The van der Waals surface area contributed by atoms with E-state index in [4.69, 9.17) is 0 Å². The molecule has 1 saturated heterocycles. The molecule has 0 aromatic heterocycles. The average molecular weight is 320 g/mol. The number of benzene rings is 2. The van der Waals surface area contributed by atoms with E-state index in [9.17, 15) is 4.79 Å². The van der Waals surface area contributed by atoms with Crippen LogP contribution in [0.25, 0.3) is 0 Å². The number of carbonyl (C=O) groups is 1. The fourth-order valence-corrected chi connectivity index (χ4v) is 4.28. The van der Waals surface area contributed by atoms with Crippen molar-refractivity contribution in [1.29, 1.82) is 0 Å². The van der Waals surface area contributed by atoms with Crippen LogP contribution in [0.3, 0.4) is 0 Å². The molecular formula is C21H24N2O. The topological polar surface area (TPSA) is 32.3 Å². The first-order chi connectivity index (χ1) is 11.8. The lowest BCUT2D eigenvalue weighted by Gasteiger charge is -2.40. The molecule has 0 radical (unpaired) electrons. The number of nitrogens with zero attached hydrogens (tertiary/aromatic N) is 1. The number of carbonyl (C=O) groups excluding carboxylic acids is 1. The van der Waals surface area contributed by atoms with Crippen molar-refractivity contribution in [3.63, 3.8) is 0 Å². The molecule has 1 N–H and O–H groups in total. The second-order valence-corrected chi connectivity index (χ2v) is 7.06. The zero-order valence-electron chi connectivity index (χ0n) is 13.9. The molecule has 3 heteroatoms. The molecule has 1 amide bonds. The third-order valence-corrected chi connectivity index (χ3v) is 5.62. The van der Waals surface area contributed by atoms with Crippen LogP contribution in [0.4, 0.5) is 0 Å². The molecule has 3 nitrogen and oxygen atoms in total. The molecule has 2 aromatic carbocycles. The standard InChI is InChI=1S/C21H24N2O/c24-21(17-9-5-2-6-10-17)22-11-12-23-14-18-13-19(20(18)15-23)16-7-3-1-4-8-16/h1-10,18-20H,11-15H2,(H,22,24). The highest BCUT2D eigenvalue weighted by Crippen LogP contribution is 2.51. The van der Waals surface area contributed by atoms with Crippen LogP contribution >= 0.6 is 0 Å². The molecule has 124 valence electrons. The van der Waals surface area contributed by atoms with Gasteiger partial charge in [-0.25, -0.2) is 0 Å². The van der Waals surface area contributed by atoms with Gasteiger partial charge < -0.3 is 10.2 Å². The molecule has 2 fully saturated rings. The third kappa shape index (κ3) is 3.09. The van der Waals surface area contributed by atoms with Crippen LogP contribution in [0, 0.1) is 11.8 Å². The minimum atomic E-state index is 0.0277. The van der Waals surface area contributed by atoms with Crippen molar-refractivity contribution in [3.8, 4) is 0 Å². The molecule has 1 heterocycles. The quantitative estimate of drug-likeness (QED) is 0.918. The van der Waals surface area contributed by atoms with E-state index in [2.05, 4.69) is 40.5 Å². The second kappa shape index (κ2) is 6.78. The molecule has 0 spiro atoms. The Morgan fingerprint density at radius 3 is 2.46 bits per heavy atom. The number of likely N-dealkylation sites (tertiary alicyclic amines) is 1. The van der Waals surface area contributed by atoms with E-state index in [1.54, 1.807) is 0 Å². The summed E-state index contributed by atoms with van der Waals surface area (Å²) in [7, 11) is 0. The zero-order chi connectivity index (χ0) is 16.4. The van der Waals surface area contributed by atoms with Gasteiger partial charge in [-0.1, -0.05) is 48.5 Å². The van der Waals surface area contributed by atoms with Crippen molar-refractivity contribution in [2.45, 2.75) is 12.3 Å². The summed E-state index contributed by atoms with van der Waals surface area (Å²) in [6, 6.07) is 20.4. The predicted molar refractivity (Wildman–Crippen MR) is 96.0 cm³/mol. The fourth-order valence-electron chi connectivity index (χ4n) is 4.28. The molecule has 2 aliphatic rings. The lowest BCUT2D eigenvalue weighted by atomic mass is 9.64. The van der Waals surface area contributed by atoms with Crippen LogP contribution in [0.2, 0.25) is 0 Å². The predicted octanol–water partition coefficient (Wildman–Crippen LogP) is 3.15. The Morgan fingerprint density at radius 1 is 1.00 bits per heavy atom. The summed E-state index contributed by atoms with van der Waals surface area (Å²) in [4.78, 5) is 14.6. The summed E-state index contributed by atoms with van der Waals surface area (Å²) in [5.41, 5.74) is 2.24. The van der Waals surface area contributed by atoms with Crippen LogP contribution < -0.4 is 5.32 Å². The highest BCUT2D eigenvalue weighted by Gasteiger charge is 2.46. The summed E-state index contributed by atoms with van der Waals surface area (Å²) >= 11 is 0. The highest BCUT2D eigenvalue weighted by atomic mass is 16.1. The minimum Gasteiger partial charge on any atom is -0.351 e. The van der Waals surface area contributed by atoms with Gasteiger partial charge in [0.1, 0.15) is 0 Å². The van der Waals surface area contributed by atoms with Gasteiger partial charge in [-0.3, -0.25) is 4.79 Å². The Bertz CT molecular complexity index is 685. The first-order valence-corrected chi connectivity index (χ1v) is 8.92. The molecule has 24 heavy (non-hydrogen) atoms. The largest absolute Gasteiger partial charge is 0.351 e. The molecule has 1 aliphatic heterocycles. The van der Waals surface area contributed by atoms with Crippen LogP contribution in [-0.4, -0.2) is 37.0 Å². The van der Waals surface area contributed by atoms with E-state index in [-0.39, 0.29) is 5.91 Å². The Morgan fingerprint density at radius 2 is 1.71 bits per heavy atom. The molecule has 4 rings (SSSR count). The highest BCUT2D eigenvalue weighted by molar-refractivity contribution is 5.94. The number of nitrogens with one attached hydrogen (secondary N) is 1. The maximum atomic E-state index is 12.1. The van der Waals surface area contributed by atoms with Gasteiger partial charge in [0.25, 0.3) is 5.91 Å². The van der Waals surface area contributed by atoms with Crippen molar-refractivity contribution in [2.24, 2.45) is 11.8 Å². The molecular weight excluding hydrogens is 296 g/mol. The number of amides is 1. The smallest absolute Gasteiger partial charge is 0.251 e. The van der Waals surface area contributed by atoms with Crippen molar-refractivity contribution < 1.29 is 4.79 Å². The van der Waals surface area contributed by atoms with Gasteiger partial charge in [0, 0.05) is 31.7 Å². The van der Waals surface area contributed by atoms with E-state index >= 15 is 0 Å². The zero-order valence-corrected chi connectivity index (χ0v) is 13.9. The van der Waals surface area contributed by atoms with Gasteiger partial charge in [-0.15, -0.1) is 0 Å². The molecule has 0 bridgehead atoms. The van der Waals surface area contributed by atoms with Crippen molar-refractivity contribution >= 4 is 5.91 Å². The Labute approximate surface area is 143 Å². The van der Waals surface area contributed by atoms with E-state index in [0.717, 1.165) is 36.4 Å². The van der Waals surface area contributed by atoms with Gasteiger partial charge in [0.15, 0.2) is 0 Å². The molecule has 3 atom stereocenters. The molecule has 1 aliphatic carbocycles. The van der Waals surface area contributed by atoms with Crippen molar-refractivity contribution in [3.05, 3.63) is 71.8 Å². The van der Waals surface area contributed by atoms with Crippen LogP contribution in [0.15, 0.2) is 60.7 Å². The van der Waals surface area contributed by atoms with Crippen LogP contribution in [0.1, 0.15) is 28.3 Å². The minimum absolute atomic E-state index is 0.0277. The average Bonchev–Trinajstić information content (AvgIpc) is 2.93. The Balaban J connectivity index is 1.24. The first kappa shape index (κ1) is 15.4.